The highest BCUT2D eigenvalue weighted by molar-refractivity contribution is 7.99. The van der Waals surface area contributed by atoms with Gasteiger partial charge in [0.25, 0.3) is 0 Å². The molecule has 1 heterocycles. The number of nitrogens with one attached hydrogen (secondary N) is 1. The summed E-state index contributed by atoms with van der Waals surface area (Å²) in [6.45, 7) is 0. The van der Waals surface area contributed by atoms with Crippen molar-refractivity contribution >= 4 is 17.6 Å². The maximum absolute atomic E-state index is 5.30. The van der Waals surface area contributed by atoms with Crippen LogP contribution in [0.15, 0.2) is 36.4 Å². The standard InChI is InChI=1S/C15H15NO2S/c1-17-11-3-5-13-10(7-11)9-19-16-15-8-12(18-2)4-6-14(13)15/h3-8,16H,9H2,1-2H3. The predicted molar refractivity (Wildman–Crippen MR) is 79.9 cm³/mol. The van der Waals surface area contributed by atoms with Gasteiger partial charge >= 0.3 is 0 Å². The van der Waals surface area contributed by atoms with Crippen LogP contribution >= 0.6 is 11.9 Å². The molecule has 0 saturated carbocycles. The maximum atomic E-state index is 5.30. The molecule has 0 atom stereocenters. The Morgan fingerprint density at radius 3 is 2.37 bits per heavy atom. The molecule has 0 aromatic heterocycles. The Hall–Kier alpha value is -1.81. The SMILES string of the molecule is COc1ccc2c(c1)CSNc1cc(OC)ccc1-2. The molecule has 1 aliphatic rings. The van der Waals surface area contributed by atoms with Gasteiger partial charge in [-0.05, 0) is 47.3 Å². The molecule has 1 aliphatic heterocycles. The van der Waals surface area contributed by atoms with Crippen molar-refractivity contribution in [1.82, 2.24) is 0 Å². The van der Waals surface area contributed by atoms with E-state index in [1.54, 1.807) is 26.2 Å². The van der Waals surface area contributed by atoms with E-state index in [1.165, 1.54) is 16.7 Å². The Kier molecular flexibility index (Phi) is 3.25. The van der Waals surface area contributed by atoms with Gasteiger partial charge in [0.2, 0.25) is 0 Å². The molecule has 1 N–H and O–H groups in total. The largest absolute Gasteiger partial charge is 0.497 e. The van der Waals surface area contributed by atoms with Crippen molar-refractivity contribution in [2.24, 2.45) is 0 Å². The van der Waals surface area contributed by atoms with E-state index in [2.05, 4.69) is 22.9 Å². The molecule has 0 fully saturated rings. The minimum absolute atomic E-state index is 0.865. The first-order valence-corrected chi connectivity index (χ1v) is 7.03. The van der Waals surface area contributed by atoms with E-state index < -0.39 is 0 Å². The summed E-state index contributed by atoms with van der Waals surface area (Å²) in [7, 11) is 3.38. The summed E-state index contributed by atoms with van der Waals surface area (Å²) in [6, 6.07) is 12.3. The average Bonchev–Trinajstić information content (AvgIpc) is 2.64. The zero-order valence-electron chi connectivity index (χ0n) is 10.9. The smallest absolute Gasteiger partial charge is 0.120 e. The topological polar surface area (TPSA) is 30.5 Å². The third-order valence-corrected chi connectivity index (χ3v) is 4.06. The minimum atomic E-state index is 0.865. The van der Waals surface area contributed by atoms with Gasteiger partial charge in [-0.15, -0.1) is 0 Å². The van der Waals surface area contributed by atoms with Crippen LogP contribution in [0.3, 0.4) is 0 Å². The predicted octanol–water partition coefficient (Wildman–Crippen LogP) is 3.94. The Bertz CT molecular complexity index is 560. The highest BCUT2D eigenvalue weighted by Gasteiger charge is 2.15. The van der Waals surface area contributed by atoms with Gasteiger partial charge in [-0.1, -0.05) is 6.07 Å². The lowest BCUT2D eigenvalue weighted by Crippen LogP contribution is -1.90. The van der Waals surface area contributed by atoms with E-state index >= 15 is 0 Å². The molecule has 0 amide bonds. The zero-order chi connectivity index (χ0) is 13.2. The highest BCUT2D eigenvalue weighted by atomic mass is 32.2. The van der Waals surface area contributed by atoms with E-state index in [0.717, 1.165) is 22.9 Å². The first kappa shape index (κ1) is 12.2. The normalized spacial score (nSPS) is 12.7. The van der Waals surface area contributed by atoms with Crippen LogP contribution < -0.4 is 14.2 Å². The second-order valence-electron chi connectivity index (χ2n) is 4.33. The van der Waals surface area contributed by atoms with Gasteiger partial charge in [0.1, 0.15) is 11.5 Å². The molecule has 0 saturated heterocycles. The number of rotatable bonds is 2. The van der Waals surface area contributed by atoms with Gasteiger partial charge in [-0.2, -0.15) is 0 Å². The molecule has 0 spiro atoms. The monoisotopic (exact) mass is 273 g/mol. The summed E-state index contributed by atoms with van der Waals surface area (Å²) >= 11 is 1.68. The van der Waals surface area contributed by atoms with Crippen molar-refractivity contribution < 1.29 is 9.47 Å². The van der Waals surface area contributed by atoms with Gasteiger partial charge in [-0.25, -0.2) is 0 Å². The number of ether oxygens (including phenoxy) is 2. The molecule has 0 unspecified atom stereocenters. The van der Waals surface area contributed by atoms with Crippen LogP contribution in [0.5, 0.6) is 11.5 Å². The number of anilines is 1. The lowest BCUT2D eigenvalue weighted by molar-refractivity contribution is 0.414. The maximum Gasteiger partial charge on any atom is 0.120 e. The molecule has 2 aromatic rings. The minimum Gasteiger partial charge on any atom is -0.497 e. The van der Waals surface area contributed by atoms with Crippen molar-refractivity contribution in [3.63, 3.8) is 0 Å². The summed E-state index contributed by atoms with van der Waals surface area (Å²) < 4.78 is 14.0. The number of hydrogen-bond acceptors (Lipinski definition) is 4. The lowest BCUT2D eigenvalue weighted by Gasteiger charge is -2.11. The molecule has 0 bridgehead atoms. The number of methoxy groups -OCH3 is 2. The Morgan fingerprint density at radius 1 is 0.947 bits per heavy atom. The molecule has 3 nitrogen and oxygen atoms in total. The van der Waals surface area contributed by atoms with Gasteiger partial charge < -0.3 is 14.2 Å². The number of hydrogen-bond donors (Lipinski definition) is 1. The highest BCUT2D eigenvalue weighted by Crippen LogP contribution is 2.40. The Balaban J connectivity index is 2.14. The van der Waals surface area contributed by atoms with Gasteiger partial charge in [0.05, 0.1) is 19.9 Å². The molecule has 98 valence electrons. The van der Waals surface area contributed by atoms with E-state index in [0.29, 0.717) is 0 Å². The van der Waals surface area contributed by atoms with Crippen molar-refractivity contribution in [2.75, 3.05) is 18.9 Å². The molecule has 0 radical (unpaired) electrons. The molecule has 3 rings (SSSR count). The third-order valence-electron chi connectivity index (χ3n) is 3.24. The summed E-state index contributed by atoms with van der Waals surface area (Å²) in [4.78, 5) is 0. The van der Waals surface area contributed by atoms with Crippen LogP contribution in [0.2, 0.25) is 0 Å². The van der Waals surface area contributed by atoms with Crippen molar-refractivity contribution in [3.05, 3.63) is 42.0 Å². The molecular formula is C15H15NO2S. The van der Waals surface area contributed by atoms with Gasteiger partial charge in [0.15, 0.2) is 0 Å². The molecule has 0 aliphatic carbocycles. The van der Waals surface area contributed by atoms with E-state index in [1.807, 2.05) is 18.2 Å². The number of fused-ring (bicyclic) bond motifs is 3. The molecular weight excluding hydrogens is 258 g/mol. The van der Waals surface area contributed by atoms with E-state index in [4.69, 9.17) is 9.47 Å². The van der Waals surface area contributed by atoms with Crippen molar-refractivity contribution in [1.29, 1.82) is 0 Å². The molecule has 4 heteroatoms. The number of benzene rings is 2. The third kappa shape index (κ3) is 2.24. The van der Waals surface area contributed by atoms with Crippen LogP contribution in [-0.2, 0) is 5.75 Å². The van der Waals surface area contributed by atoms with Gasteiger partial charge in [0, 0.05) is 17.4 Å². The average molecular weight is 273 g/mol. The zero-order valence-corrected chi connectivity index (χ0v) is 11.7. The molecule has 19 heavy (non-hydrogen) atoms. The quantitative estimate of drug-likeness (QED) is 0.839. The fourth-order valence-electron chi connectivity index (χ4n) is 2.24. The van der Waals surface area contributed by atoms with Crippen LogP contribution in [-0.4, -0.2) is 14.2 Å². The second kappa shape index (κ2) is 5.05. The summed E-state index contributed by atoms with van der Waals surface area (Å²) in [5.74, 6) is 2.67. The van der Waals surface area contributed by atoms with Gasteiger partial charge in [-0.3, -0.25) is 0 Å². The van der Waals surface area contributed by atoms with Crippen LogP contribution in [0.25, 0.3) is 11.1 Å². The Morgan fingerprint density at radius 2 is 1.63 bits per heavy atom. The summed E-state index contributed by atoms with van der Waals surface area (Å²) in [5.41, 5.74) is 4.81. The van der Waals surface area contributed by atoms with Crippen LogP contribution in [0.4, 0.5) is 5.69 Å². The van der Waals surface area contributed by atoms with Crippen molar-refractivity contribution in [3.8, 4) is 22.6 Å². The van der Waals surface area contributed by atoms with Crippen LogP contribution in [0, 0.1) is 0 Å². The fourth-order valence-corrected chi connectivity index (χ4v) is 3.03. The van der Waals surface area contributed by atoms with E-state index in [-0.39, 0.29) is 0 Å². The fraction of sp³-hybridized carbons (Fsp3) is 0.200. The lowest BCUT2D eigenvalue weighted by atomic mass is 9.98. The molecule has 2 aromatic carbocycles. The summed E-state index contributed by atoms with van der Waals surface area (Å²) in [5, 5.41) is 0. The van der Waals surface area contributed by atoms with Crippen molar-refractivity contribution in [2.45, 2.75) is 5.75 Å². The first-order chi connectivity index (χ1) is 9.31. The summed E-state index contributed by atoms with van der Waals surface area (Å²) in [6.07, 6.45) is 0. The van der Waals surface area contributed by atoms with E-state index in [9.17, 15) is 0 Å². The Labute approximate surface area is 117 Å². The first-order valence-electron chi connectivity index (χ1n) is 6.05. The second-order valence-corrected chi connectivity index (χ2v) is 5.11. The van der Waals surface area contributed by atoms with Crippen LogP contribution in [0.1, 0.15) is 5.56 Å².